The molecule has 128 valence electrons. The van der Waals surface area contributed by atoms with Crippen LogP contribution in [-0.4, -0.2) is 41.9 Å². The number of hydrogen-bond donors (Lipinski definition) is 3. The number of urea groups is 1. The fraction of sp³-hybridized carbons (Fsp3) is 0.438. The Bertz CT molecular complexity index is 697. The van der Waals surface area contributed by atoms with Gasteiger partial charge in [-0.1, -0.05) is 12.8 Å². The van der Waals surface area contributed by atoms with E-state index in [2.05, 4.69) is 10.6 Å². The molecule has 1 aliphatic carbocycles. The maximum atomic E-state index is 12.5. The Morgan fingerprint density at radius 3 is 2.71 bits per heavy atom. The molecule has 1 saturated carbocycles. The Hall–Kier alpha value is -2.77. The third-order valence-electron chi connectivity index (χ3n) is 4.52. The fourth-order valence-corrected chi connectivity index (χ4v) is 3.29. The van der Waals surface area contributed by atoms with E-state index in [9.17, 15) is 14.4 Å². The van der Waals surface area contributed by atoms with Crippen molar-refractivity contribution in [1.29, 1.82) is 0 Å². The highest BCUT2D eigenvalue weighted by Gasteiger charge is 2.52. The first-order valence-corrected chi connectivity index (χ1v) is 7.83. The Morgan fingerprint density at radius 2 is 2.08 bits per heavy atom. The van der Waals surface area contributed by atoms with E-state index in [0.717, 1.165) is 17.7 Å². The van der Waals surface area contributed by atoms with Crippen molar-refractivity contribution in [3.8, 4) is 5.75 Å². The molecule has 1 saturated heterocycles. The average Bonchev–Trinajstić information content (AvgIpc) is 3.09. The van der Waals surface area contributed by atoms with Gasteiger partial charge in [-0.05, 0) is 31.0 Å². The number of ether oxygens (including phenoxy) is 1. The van der Waals surface area contributed by atoms with Gasteiger partial charge in [0.15, 0.2) is 0 Å². The van der Waals surface area contributed by atoms with Crippen molar-refractivity contribution in [2.45, 2.75) is 31.2 Å². The minimum Gasteiger partial charge on any atom is -0.495 e. The summed E-state index contributed by atoms with van der Waals surface area (Å²) in [7, 11) is 1.50. The molecule has 24 heavy (non-hydrogen) atoms. The quantitative estimate of drug-likeness (QED) is 0.564. The van der Waals surface area contributed by atoms with Gasteiger partial charge in [0.2, 0.25) is 5.91 Å². The summed E-state index contributed by atoms with van der Waals surface area (Å²) in [5, 5.41) is 5.38. The predicted octanol–water partition coefficient (Wildman–Crippen LogP) is 1.08. The number of nitrogen functional groups attached to an aromatic ring is 1. The molecule has 4 N–H and O–H groups in total. The molecule has 0 aromatic heterocycles. The minimum atomic E-state index is -0.804. The average molecular weight is 332 g/mol. The van der Waals surface area contributed by atoms with E-state index < -0.39 is 17.5 Å². The second-order valence-electron chi connectivity index (χ2n) is 6.12. The molecule has 1 aromatic rings. The highest BCUT2D eigenvalue weighted by molar-refractivity contribution is 6.10. The van der Waals surface area contributed by atoms with E-state index in [1.54, 1.807) is 18.2 Å². The van der Waals surface area contributed by atoms with Gasteiger partial charge in [-0.25, -0.2) is 4.79 Å². The van der Waals surface area contributed by atoms with Gasteiger partial charge in [-0.3, -0.25) is 14.5 Å². The maximum Gasteiger partial charge on any atom is 0.325 e. The molecule has 2 fully saturated rings. The first-order chi connectivity index (χ1) is 11.4. The molecule has 0 radical (unpaired) electrons. The van der Waals surface area contributed by atoms with E-state index in [1.807, 2.05) is 0 Å². The number of rotatable bonds is 4. The number of carbonyl (C=O) groups excluding carboxylic acids is 3. The third-order valence-corrected chi connectivity index (χ3v) is 4.52. The van der Waals surface area contributed by atoms with E-state index >= 15 is 0 Å². The van der Waals surface area contributed by atoms with Crippen molar-refractivity contribution in [2.75, 3.05) is 24.7 Å². The van der Waals surface area contributed by atoms with Crippen LogP contribution in [0, 0.1) is 0 Å². The Balaban J connectivity index is 1.65. The molecule has 0 atom stereocenters. The molecule has 8 nitrogen and oxygen atoms in total. The van der Waals surface area contributed by atoms with Crippen LogP contribution in [0.4, 0.5) is 16.2 Å². The van der Waals surface area contributed by atoms with Crippen LogP contribution in [0.25, 0.3) is 0 Å². The third kappa shape index (κ3) is 2.75. The topological polar surface area (TPSA) is 114 Å². The van der Waals surface area contributed by atoms with Gasteiger partial charge >= 0.3 is 6.03 Å². The van der Waals surface area contributed by atoms with Crippen LogP contribution < -0.4 is 21.1 Å². The summed E-state index contributed by atoms with van der Waals surface area (Å²) in [6, 6.07) is 4.32. The molecule has 2 aliphatic rings. The van der Waals surface area contributed by atoms with E-state index in [0.29, 0.717) is 30.0 Å². The molecule has 0 unspecified atom stereocenters. The lowest BCUT2D eigenvalue weighted by Gasteiger charge is -2.19. The number of imide groups is 1. The standard InChI is InChI=1S/C16H20N4O4/c1-24-12-5-4-10(8-11(12)17)18-13(21)9-20-14(22)16(19-15(20)23)6-2-3-7-16/h4-5,8H,2-3,6-7,9,17H2,1H3,(H,18,21)(H,19,23). The Kier molecular flexibility index (Phi) is 4.04. The number of nitrogens with two attached hydrogens (primary N) is 1. The summed E-state index contributed by atoms with van der Waals surface area (Å²) in [6.07, 6.45) is 3.06. The number of nitrogens with one attached hydrogen (secondary N) is 2. The van der Waals surface area contributed by atoms with Crippen LogP contribution in [0.15, 0.2) is 18.2 Å². The lowest BCUT2D eigenvalue weighted by atomic mass is 9.98. The maximum absolute atomic E-state index is 12.5. The van der Waals surface area contributed by atoms with Gasteiger partial charge in [-0.2, -0.15) is 0 Å². The van der Waals surface area contributed by atoms with Gasteiger partial charge in [0.25, 0.3) is 5.91 Å². The first kappa shape index (κ1) is 16.1. The number of amides is 4. The Morgan fingerprint density at radius 1 is 1.38 bits per heavy atom. The van der Waals surface area contributed by atoms with Crippen LogP contribution in [0.2, 0.25) is 0 Å². The summed E-state index contributed by atoms with van der Waals surface area (Å²) >= 11 is 0. The zero-order valence-corrected chi connectivity index (χ0v) is 13.4. The van der Waals surface area contributed by atoms with Crippen molar-refractivity contribution in [3.63, 3.8) is 0 Å². The predicted molar refractivity (Wildman–Crippen MR) is 87.5 cm³/mol. The molecule has 3 rings (SSSR count). The minimum absolute atomic E-state index is 0.311. The van der Waals surface area contributed by atoms with E-state index in [4.69, 9.17) is 10.5 Å². The monoisotopic (exact) mass is 332 g/mol. The summed E-state index contributed by atoms with van der Waals surface area (Å²) < 4.78 is 5.05. The molecule has 1 heterocycles. The van der Waals surface area contributed by atoms with Gasteiger partial charge in [0.1, 0.15) is 17.8 Å². The second-order valence-corrected chi connectivity index (χ2v) is 6.12. The molecule has 1 spiro atoms. The molecule has 1 aliphatic heterocycles. The molecule has 0 bridgehead atoms. The number of anilines is 2. The highest BCUT2D eigenvalue weighted by atomic mass is 16.5. The van der Waals surface area contributed by atoms with Crippen molar-refractivity contribution in [3.05, 3.63) is 18.2 Å². The van der Waals surface area contributed by atoms with Gasteiger partial charge in [0, 0.05) is 5.69 Å². The normalized spacial score (nSPS) is 18.8. The number of carbonyl (C=O) groups is 3. The van der Waals surface area contributed by atoms with E-state index in [1.165, 1.54) is 7.11 Å². The van der Waals surface area contributed by atoms with E-state index in [-0.39, 0.29) is 12.5 Å². The van der Waals surface area contributed by atoms with Crippen molar-refractivity contribution >= 4 is 29.2 Å². The summed E-state index contributed by atoms with van der Waals surface area (Å²) in [5.41, 5.74) is 5.84. The number of methoxy groups -OCH3 is 1. The van der Waals surface area contributed by atoms with Crippen molar-refractivity contribution < 1.29 is 19.1 Å². The van der Waals surface area contributed by atoms with Gasteiger partial charge < -0.3 is 21.1 Å². The number of hydrogen-bond acceptors (Lipinski definition) is 5. The van der Waals surface area contributed by atoms with Crippen LogP contribution >= 0.6 is 0 Å². The zero-order valence-electron chi connectivity index (χ0n) is 13.4. The largest absolute Gasteiger partial charge is 0.495 e. The molecule has 1 aromatic carbocycles. The SMILES string of the molecule is COc1ccc(NC(=O)CN2C(=O)NC3(CCCC3)C2=O)cc1N. The summed E-state index contributed by atoms with van der Waals surface area (Å²) in [5.74, 6) is -0.266. The molecular weight excluding hydrogens is 312 g/mol. The smallest absolute Gasteiger partial charge is 0.325 e. The molecule has 8 heteroatoms. The van der Waals surface area contributed by atoms with Crippen LogP contribution in [-0.2, 0) is 9.59 Å². The second kappa shape index (κ2) is 6.03. The van der Waals surface area contributed by atoms with Crippen molar-refractivity contribution in [1.82, 2.24) is 10.2 Å². The number of nitrogens with zero attached hydrogens (tertiary/aromatic N) is 1. The van der Waals surface area contributed by atoms with Gasteiger partial charge in [-0.15, -0.1) is 0 Å². The zero-order chi connectivity index (χ0) is 17.3. The summed E-state index contributed by atoms with van der Waals surface area (Å²) in [4.78, 5) is 37.7. The first-order valence-electron chi connectivity index (χ1n) is 7.83. The highest BCUT2D eigenvalue weighted by Crippen LogP contribution is 2.35. The Labute approximate surface area is 139 Å². The summed E-state index contributed by atoms with van der Waals surface area (Å²) in [6.45, 7) is -0.321. The van der Waals surface area contributed by atoms with Gasteiger partial charge in [0.05, 0.1) is 12.8 Å². The molecular formula is C16H20N4O4. The lowest BCUT2D eigenvalue weighted by Crippen LogP contribution is -2.44. The van der Waals surface area contributed by atoms with Crippen LogP contribution in [0.5, 0.6) is 5.75 Å². The van der Waals surface area contributed by atoms with Crippen LogP contribution in [0.1, 0.15) is 25.7 Å². The van der Waals surface area contributed by atoms with Crippen molar-refractivity contribution in [2.24, 2.45) is 0 Å². The number of benzene rings is 1. The molecule has 4 amide bonds. The lowest BCUT2D eigenvalue weighted by molar-refractivity contribution is -0.133. The van der Waals surface area contributed by atoms with Crippen LogP contribution in [0.3, 0.4) is 0 Å². The fourth-order valence-electron chi connectivity index (χ4n) is 3.29.